The summed E-state index contributed by atoms with van der Waals surface area (Å²) in [5.74, 6) is -0.751. The second-order valence-electron chi connectivity index (χ2n) is 4.94. The minimum absolute atomic E-state index is 0.0579. The van der Waals surface area contributed by atoms with Gasteiger partial charge in [-0.25, -0.2) is 4.98 Å². The first-order chi connectivity index (χ1) is 8.91. The zero-order valence-corrected chi connectivity index (χ0v) is 12.9. The number of nitrogens with zero attached hydrogens (tertiary/aromatic N) is 3. The van der Waals surface area contributed by atoms with E-state index in [9.17, 15) is 4.79 Å². The Balaban J connectivity index is 2.52. The first kappa shape index (κ1) is 16.0. The van der Waals surface area contributed by atoms with E-state index in [0.29, 0.717) is 6.04 Å². The van der Waals surface area contributed by atoms with E-state index < -0.39 is 5.97 Å². The lowest BCUT2D eigenvalue weighted by molar-refractivity contribution is -0.133. The van der Waals surface area contributed by atoms with Crippen LogP contribution >= 0.6 is 11.8 Å². The molecule has 19 heavy (non-hydrogen) atoms. The van der Waals surface area contributed by atoms with Crippen molar-refractivity contribution in [2.75, 3.05) is 19.3 Å². The molecule has 0 saturated heterocycles. The van der Waals surface area contributed by atoms with Gasteiger partial charge in [0.1, 0.15) is 0 Å². The van der Waals surface area contributed by atoms with Gasteiger partial charge in [-0.05, 0) is 40.8 Å². The molecule has 1 heterocycles. The van der Waals surface area contributed by atoms with Gasteiger partial charge in [0.15, 0.2) is 5.16 Å². The fourth-order valence-corrected chi connectivity index (χ4v) is 2.46. The van der Waals surface area contributed by atoms with Crippen molar-refractivity contribution in [1.29, 1.82) is 0 Å². The van der Waals surface area contributed by atoms with Crippen LogP contribution in [0.4, 0.5) is 0 Å². The molecule has 1 N–H and O–H groups in total. The number of aryl methyl sites for hydroxylation is 1. The van der Waals surface area contributed by atoms with Gasteiger partial charge in [0.05, 0.1) is 5.75 Å². The van der Waals surface area contributed by atoms with Crippen LogP contribution in [0.5, 0.6) is 0 Å². The van der Waals surface area contributed by atoms with Crippen molar-refractivity contribution < 1.29 is 9.90 Å². The molecule has 0 aliphatic carbocycles. The summed E-state index contributed by atoms with van der Waals surface area (Å²) in [6, 6.07) is 0.546. The molecule has 0 aliphatic rings. The third-order valence-electron chi connectivity index (χ3n) is 3.12. The van der Waals surface area contributed by atoms with Crippen LogP contribution in [-0.2, 0) is 11.3 Å². The summed E-state index contributed by atoms with van der Waals surface area (Å²) in [6.45, 7) is 8.26. The number of aliphatic carboxylic acids is 1. The first-order valence-corrected chi connectivity index (χ1v) is 7.47. The third-order valence-corrected chi connectivity index (χ3v) is 4.09. The molecular weight excluding hydrogens is 262 g/mol. The second kappa shape index (κ2) is 7.55. The average molecular weight is 285 g/mol. The van der Waals surface area contributed by atoms with Crippen LogP contribution in [-0.4, -0.2) is 50.9 Å². The van der Waals surface area contributed by atoms with Crippen LogP contribution in [0.25, 0.3) is 0 Å². The predicted octanol–water partition coefficient (Wildman–Crippen LogP) is 2.10. The predicted molar refractivity (Wildman–Crippen MR) is 77.7 cm³/mol. The lowest BCUT2D eigenvalue weighted by Gasteiger charge is -2.21. The van der Waals surface area contributed by atoms with E-state index in [1.165, 1.54) is 11.8 Å². The molecule has 0 saturated carbocycles. The van der Waals surface area contributed by atoms with Crippen molar-refractivity contribution in [2.45, 2.75) is 44.9 Å². The van der Waals surface area contributed by atoms with E-state index in [1.54, 1.807) is 6.20 Å². The monoisotopic (exact) mass is 285 g/mol. The maximum absolute atomic E-state index is 10.6. The number of rotatable bonds is 8. The summed E-state index contributed by atoms with van der Waals surface area (Å²) in [4.78, 5) is 17.2. The van der Waals surface area contributed by atoms with Gasteiger partial charge in [-0.15, -0.1) is 0 Å². The number of carboxylic acids is 1. The Morgan fingerprint density at radius 2 is 2.26 bits per heavy atom. The summed E-state index contributed by atoms with van der Waals surface area (Å²) in [5, 5.41) is 9.52. The Morgan fingerprint density at radius 1 is 1.58 bits per heavy atom. The molecule has 0 spiro atoms. The maximum atomic E-state index is 10.6. The normalized spacial score (nSPS) is 11.5. The topological polar surface area (TPSA) is 58.4 Å². The van der Waals surface area contributed by atoms with Crippen LogP contribution in [0.1, 0.15) is 26.0 Å². The van der Waals surface area contributed by atoms with E-state index in [-0.39, 0.29) is 5.75 Å². The van der Waals surface area contributed by atoms with Gasteiger partial charge in [-0.2, -0.15) is 0 Å². The van der Waals surface area contributed by atoms with Crippen molar-refractivity contribution in [1.82, 2.24) is 14.5 Å². The number of hydrogen-bond donors (Lipinski definition) is 1. The minimum Gasteiger partial charge on any atom is -0.481 e. The SMILES string of the molecule is Cc1cnc(SCC(=O)O)n1CCCN(C)C(C)C. The van der Waals surface area contributed by atoms with Crippen molar-refractivity contribution in [3.05, 3.63) is 11.9 Å². The summed E-state index contributed by atoms with van der Waals surface area (Å²) in [5.41, 5.74) is 1.08. The van der Waals surface area contributed by atoms with Gasteiger partial charge in [0.25, 0.3) is 0 Å². The van der Waals surface area contributed by atoms with Gasteiger partial charge < -0.3 is 14.6 Å². The molecule has 1 aromatic heterocycles. The van der Waals surface area contributed by atoms with Gasteiger partial charge >= 0.3 is 5.97 Å². The molecule has 0 aliphatic heterocycles. The van der Waals surface area contributed by atoms with Crippen molar-refractivity contribution in [2.24, 2.45) is 0 Å². The average Bonchev–Trinajstić information content (AvgIpc) is 2.68. The van der Waals surface area contributed by atoms with Gasteiger partial charge in [-0.3, -0.25) is 4.79 Å². The molecule has 5 nitrogen and oxygen atoms in total. The van der Waals surface area contributed by atoms with Crippen LogP contribution in [0.3, 0.4) is 0 Å². The Bertz CT molecular complexity index is 418. The number of carbonyl (C=O) groups is 1. The third kappa shape index (κ3) is 5.24. The number of thioether (sulfide) groups is 1. The molecule has 0 atom stereocenters. The summed E-state index contributed by atoms with van der Waals surface area (Å²) in [7, 11) is 2.12. The Labute approximate surface area is 119 Å². The number of imidazole rings is 1. The van der Waals surface area contributed by atoms with Gasteiger partial charge in [-0.1, -0.05) is 11.8 Å². The molecule has 1 rings (SSSR count). The number of carboxylic acid groups (broad SMARTS) is 1. The fourth-order valence-electron chi connectivity index (χ4n) is 1.69. The summed E-state index contributed by atoms with van der Waals surface area (Å²) < 4.78 is 2.10. The first-order valence-electron chi connectivity index (χ1n) is 6.48. The number of aromatic nitrogens is 2. The fraction of sp³-hybridized carbons (Fsp3) is 0.692. The summed E-state index contributed by atoms with van der Waals surface area (Å²) in [6.07, 6.45) is 2.84. The van der Waals surface area contributed by atoms with Crippen LogP contribution in [0.2, 0.25) is 0 Å². The van der Waals surface area contributed by atoms with E-state index in [1.807, 2.05) is 6.92 Å². The number of hydrogen-bond acceptors (Lipinski definition) is 4. The van der Waals surface area contributed by atoms with Crippen LogP contribution in [0.15, 0.2) is 11.4 Å². The maximum Gasteiger partial charge on any atom is 0.313 e. The van der Waals surface area contributed by atoms with E-state index in [2.05, 4.69) is 35.3 Å². The highest BCUT2D eigenvalue weighted by Crippen LogP contribution is 2.18. The molecule has 6 heteroatoms. The van der Waals surface area contributed by atoms with Crippen LogP contribution < -0.4 is 0 Å². The molecule has 0 aromatic carbocycles. The smallest absolute Gasteiger partial charge is 0.313 e. The van der Waals surface area contributed by atoms with Crippen molar-refractivity contribution >= 4 is 17.7 Å². The zero-order chi connectivity index (χ0) is 14.4. The Hall–Kier alpha value is -1.01. The minimum atomic E-state index is -0.809. The van der Waals surface area contributed by atoms with Crippen LogP contribution in [0, 0.1) is 6.92 Å². The second-order valence-corrected chi connectivity index (χ2v) is 5.89. The van der Waals surface area contributed by atoms with E-state index in [0.717, 1.165) is 30.4 Å². The molecule has 1 aromatic rings. The standard InChI is InChI=1S/C13H23N3O2S/c1-10(2)15(4)6-5-7-16-11(3)8-14-13(16)19-9-12(17)18/h8,10H,5-7,9H2,1-4H3,(H,17,18). The Morgan fingerprint density at radius 3 is 2.84 bits per heavy atom. The highest BCUT2D eigenvalue weighted by molar-refractivity contribution is 7.99. The quantitative estimate of drug-likeness (QED) is 0.741. The molecular formula is C13H23N3O2S. The lowest BCUT2D eigenvalue weighted by Crippen LogP contribution is -2.28. The molecule has 0 fully saturated rings. The molecule has 0 bridgehead atoms. The molecule has 108 valence electrons. The largest absolute Gasteiger partial charge is 0.481 e. The van der Waals surface area contributed by atoms with Crippen molar-refractivity contribution in [3.63, 3.8) is 0 Å². The summed E-state index contributed by atoms with van der Waals surface area (Å²) >= 11 is 1.28. The van der Waals surface area contributed by atoms with Crippen molar-refractivity contribution in [3.8, 4) is 0 Å². The van der Waals surface area contributed by atoms with Gasteiger partial charge in [0.2, 0.25) is 0 Å². The Kier molecular flexibility index (Phi) is 6.37. The molecule has 0 unspecified atom stereocenters. The van der Waals surface area contributed by atoms with E-state index >= 15 is 0 Å². The molecule has 0 amide bonds. The highest BCUT2D eigenvalue weighted by Gasteiger charge is 2.10. The lowest BCUT2D eigenvalue weighted by atomic mass is 10.3. The molecule has 0 radical (unpaired) electrons. The highest BCUT2D eigenvalue weighted by atomic mass is 32.2. The van der Waals surface area contributed by atoms with E-state index in [4.69, 9.17) is 5.11 Å². The zero-order valence-electron chi connectivity index (χ0n) is 12.1. The van der Waals surface area contributed by atoms with Gasteiger partial charge in [0, 0.05) is 24.5 Å².